The molecule has 0 bridgehead atoms. The molecule has 1 saturated carbocycles. The van der Waals surface area contributed by atoms with Gasteiger partial charge in [-0.1, -0.05) is 0 Å². The number of nitrogens with zero attached hydrogens (tertiary/aromatic N) is 1. The van der Waals surface area contributed by atoms with Crippen molar-refractivity contribution in [2.24, 2.45) is 0 Å². The molecule has 162 valence electrons. The maximum Gasteiger partial charge on any atom is 0.414 e. The van der Waals surface area contributed by atoms with E-state index in [9.17, 15) is 19.1 Å². The number of furan rings is 1. The second-order valence-corrected chi connectivity index (χ2v) is 7.42. The third-order valence-electron chi connectivity index (χ3n) is 5.42. The lowest BCUT2D eigenvalue weighted by atomic mass is 10.00. The van der Waals surface area contributed by atoms with Crippen LogP contribution in [0.1, 0.15) is 34.7 Å². The summed E-state index contributed by atoms with van der Waals surface area (Å²) in [6.45, 7) is -0.175. The maximum absolute atomic E-state index is 13.4. The molecule has 3 aromatic rings. The number of carbonyl (C=O) groups is 2. The molecule has 0 saturated heterocycles. The van der Waals surface area contributed by atoms with Crippen LogP contribution < -0.4 is 10.2 Å². The molecule has 4 rings (SSSR count). The van der Waals surface area contributed by atoms with Crippen LogP contribution in [0.4, 0.5) is 14.9 Å². The van der Waals surface area contributed by atoms with Gasteiger partial charge in [-0.3, -0.25) is 9.69 Å². The summed E-state index contributed by atoms with van der Waals surface area (Å²) in [5.74, 6) is -0.155. The average Bonchev–Trinajstić information content (AvgIpc) is 3.56. The van der Waals surface area contributed by atoms with Crippen molar-refractivity contribution in [3.8, 4) is 11.3 Å². The van der Waals surface area contributed by atoms with Gasteiger partial charge in [0.2, 0.25) is 0 Å². The molecule has 1 aliphatic carbocycles. The summed E-state index contributed by atoms with van der Waals surface area (Å²) in [6, 6.07) is 9.28. The Morgan fingerprint density at radius 3 is 2.55 bits per heavy atom. The van der Waals surface area contributed by atoms with E-state index in [2.05, 4.69) is 5.32 Å². The minimum Gasteiger partial charge on any atom is -0.455 e. The van der Waals surface area contributed by atoms with E-state index in [0.29, 0.717) is 33.5 Å². The standard InChI is InChI=1S/C23H23FN2O5/c1-25-22(28)20-17-11-16(13-3-4-13)18(26(9-10-27)23(29)30-2)12-19(17)31-21(20)14-5-7-15(24)8-6-14/h5-8,11-13,27H,3-4,9-10H2,1-2H3,(H,25,28). The average molecular weight is 426 g/mol. The number of ether oxygens (including phenoxy) is 1. The summed E-state index contributed by atoms with van der Waals surface area (Å²) in [4.78, 5) is 26.5. The van der Waals surface area contributed by atoms with E-state index in [-0.39, 0.29) is 25.0 Å². The molecule has 1 heterocycles. The molecular weight excluding hydrogens is 403 g/mol. The Morgan fingerprint density at radius 2 is 1.97 bits per heavy atom. The number of aliphatic hydroxyl groups is 1. The summed E-state index contributed by atoms with van der Waals surface area (Å²) in [5, 5.41) is 12.7. The van der Waals surface area contributed by atoms with E-state index in [0.717, 1.165) is 18.4 Å². The van der Waals surface area contributed by atoms with E-state index in [1.165, 1.54) is 31.2 Å². The van der Waals surface area contributed by atoms with Gasteiger partial charge in [0.05, 0.1) is 31.5 Å². The van der Waals surface area contributed by atoms with Crippen LogP contribution >= 0.6 is 0 Å². The first-order valence-corrected chi connectivity index (χ1v) is 10.0. The van der Waals surface area contributed by atoms with E-state index >= 15 is 0 Å². The molecule has 1 aromatic heterocycles. The summed E-state index contributed by atoms with van der Waals surface area (Å²) in [7, 11) is 2.82. The molecule has 0 unspecified atom stereocenters. The number of halogens is 1. The van der Waals surface area contributed by atoms with E-state index in [4.69, 9.17) is 9.15 Å². The number of methoxy groups -OCH3 is 1. The Balaban J connectivity index is 1.96. The molecule has 0 atom stereocenters. The quantitative estimate of drug-likeness (QED) is 0.621. The van der Waals surface area contributed by atoms with Gasteiger partial charge < -0.3 is 19.6 Å². The van der Waals surface area contributed by atoms with Gasteiger partial charge in [0.15, 0.2) is 0 Å². The van der Waals surface area contributed by atoms with Crippen molar-refractivity contribution in [3.63, 3.8) is 0 Å². The highest BCUT2D eigenvalue weighted by Gasteiger charge is 2.32. The monoisotopic (exact) mass is 426 g/mol. The number of nitrogens with one attached hydrogen (secondary N) is 1. The van der Waals surface area contributed by atoms with Crippen molar-refractivity contribution in [2.75, 3.05) is 32.2 Å². The molecule has 0 spiro atoms. The van der Waals surface area contributed by atoms with Gasteiger partial charge in [0, 0.05) is 24.1 Å². The first-order chi connectivity index (χ1) is 15.0. The number of rotatable bonds is 6. The van der Waals surface area contributed by atoms with Gasteiger partial charge in [0.1, 0.15) is 17.2 Å². The van der Waals surface area contributed by atoms with Crippen LogP contribution in [-0.4, -0.2) is 44.4 Å². The maximum atomic E-state index is 13.4. The van der Waals surface area contributed by atoms with Gasteiger partial charge in [0.25, 0.3) is 5.91 Å². The van der Waals surface area contributed by atoms with Gasteiger partial charge in [-0.05, 0) is 54.7 Å². The van der Waals surface area contributed by atoms with Gasteiger partial charge in [-0.2, -0.15) is 0 Å². The number of amides is 2. The van der Waals surface area contributed by atoms with E-state index in [1.54, 1.807) is 18.2 Å². The predicted molar refractivity (Wildman–Crippen MR) is 114 cm³/mol. The molecule has 0 aliphatic heterocycles. The summed E-state index contributed by atoms with van der Waals surface area (Å²) in [5.41, 5.74) is 2.79. The second kappa shape index (κ2) is 8.39. The highest BCUT2D eigenvalue weighted by Crippen LogP contribution is 2.47. The number of hydrogen-bond acceptors (Lipinski definition) is 5. The fraction of sp³-hybridized carbons (Fsp3) is 0.304. The van der Waals surface area contributed by atoms with Gasteiger partial charge in [-0.25, -0.2) is 9.18 Å². The molecular formula is C23H23FN2O5. The van der Waals surface area contributed by atoms with Crippen molar-refractivity contribution in [3.05, 3.63) is 53.3 Å². The zero-order chi connectivity index (χ0) is 22.1. The first-order valence-electron chi connectivity index (χ1n) is 10.0. The van der Waals surface area contributed by atoms with Crippen LogP contribution in [0.25, 0.3) is 22.3 Å². The van der Waals surface area contributed by atoms with Gasteiger partial charge >= 0.3 is 6.09 Å². The Bertz CT molecular complexity index is 1140. The van der Waals surface area contributed by atoms with Crippen LogP contribution in [-0.2, 0) is 4.74 Å². The molecule has 31 heavy (non-hydrogen) atoms. The topological polar surface area (TPSA) is 92.0 Å². The van der Waals surface area contributed by atoms with Crippen molar-refractivity contribution >= 4 is 28.7 Å². The smallest absolute Gasteiger partial charge is 0.414 e. The molecule has 1 aliphatic rings. The molecule has 2 amide bonds. The van der Waals surface area contributed by atoms with E-state index in [1.807, 2.05) is 6.07 Å². The molecule has 2 N–H and O–H groups in total. The fourth-order valence-electron chi connectivity index (χ4n) is 3.78. The van der Waals surface area contributed by atoms with Gasteiger partial charge in [-0.15, -0.1) is 0 Å². The zero-order valence-electron chi connectivity index (χ0n) is 17.3. The second-order valence-electron chi connectivity index (χ2n) is 7.42. The molecule has 8 heteroatoms. The molecule has 0 radical (unpaired) electrons. The van der Waals surface area contributed by atoms with Crippen LogP contribution in [0.15, 0.2) is 40.8 Å². The number of hydrogen-bond donors (Lipinski definition) is 2. The molecule has 7 nitrogen and oxygen atoms in total. The van der Waals surface area contributed by atoms with Crippen molar-refractivity contribution in [1.29, 1.82) is 0 Å². The largest absolute Gasteiger partial charge is 0.455 e. The fourth-order valence-corrected chi connectivity index (χ4v) is 3.78. The number of benzene rings is 2. The van der Waals surface area contributed by atoms with Crippen molar-refractivity contribution < 1.29 is 28.2 Å². The normalized spacial score (nSPS) is 13.3. The summed E-state index contributed by atoms with van der Waals surface area (Å²) in [6.07, 6.45) is 1.34. The van der Waals surface area contributed by atoms with Crippen LogP contribution in [0, 0.1) is 5.82 Å². The number of fused-ring (bicyclic) bond motifs is 1. The number of carbonyl (C=O) groups excluding carboxylic acids is 2. The Kier molecular flexibility index (Phi) is 5.65. The lowest BCUT2D eigenvalue weighted by Crippen LogP contribution is -2.34. The summed E-state index contributed by atoms with van der Waals surface area (Å²) < 4.78 is 24.4. The first kappa shape index (κ1) is 20.9. The third kappa shape index (κ3) is 3.86. The third-order valence-corrected chi connectivity index (χ3v) is 5.42. The molecule has 2 aromatic carbocycles. The predicted octanol–water partition coefficient (Wildman–Crippen LogP) is 4.04. The van der Waals surface area contributed by atoms with Crippen molar-refractivity contribution in [2.45, 2.75) is 18.8 Å². The highest BCUT2D eigenvalue weighted by atomic mass is 19.1. The minimum atomic E-state index is -0.591. The van der Waals surface area contributed by atoms with Crippen LogP contribution in [0.3, 0.4) is 0 Å². The lowest BCUT2D eigenvalue weighted by molar-refractivity contribution is 0.0964. The number of anilines is 1. The minimum absolute atomic E-state index is 0.0612. The summed E-state index contributed by atoms with van der Waals surface area (Å²) >= 11 is 0. The molecule has 1 fully saturated rings. The Hall–Kier alpha value is -3.39. The van der Waals surface area contributed by atoms with Crippen LogP contribution in [0.5, 0.6) is 0 Å². The van der Waals surface area contributed by atoms with Crippen LogP contribution in [0.2, 0.25) is 0 Å². The Labute approximate surface area is 178 Å². The highest BCUT2D eigenvalue weighted by molar-refractivity contribution is 6.12. The Morgan fingerprint density at radius 1 is 1.26 bits per heavy atom. The zero-order valence-corrected chi connectivity index (χ0v) is 17.3. The lowest BCUT2D eigenvalue weighted by Gasteiger charge is -2.23. The SMILES string of the molecule is CNC(=O)c1c(-c2ccc(F)cc2)oc2cc(N(CCO)C(=O)OC)c(C3CC3)cc12. The van der Waals surface area contributed by atoms with E-state index < -0.39 is 11.9 Å². The van der Waals surface area contributed by atoms with Crippen molar-refractivity contribution in [1.82, 2.24) is 5.32 Å². The number of aliphatic hydroxyl groups excluding tert-OH is 1.